The molecule has 0 radical (unpaired) electrons. The Labute approximate surface area is 139 Å². The highest BCUT2D eigenvalue weighted by atomic mass is 32.2. The molecular weight excluding hydrogens is 312 g/mol. The van der Waals surface area contributed by atoms with Crippen molar-refractivity contribution in [3.63, 3.8) is 0 Å². The third kappa shape index (κ3) is 4.66. The van der Waals surface area contributed by atoms with Crippen LogP contribution in [0.5, 0.6) is 5.75 Å². The van der Waals surface area contributed by atoms with Gasteiger partial charge in [0.1, 0.15) is 11.4 Å². The molecule has 6 nitrogen and oxygen atoms in total. The summed E-state index contributed by atoms with van der Waals surface area (Å²) in [5, 5.41) is 12.5. The summed E-state index contributed by atoms with van der Waals surface area (Å²) in [6.07, 6.45) is 5.60. The van der Waals surface area contributed by atoms with Gasteiger partial charge in [-0.15, -0.1) is 10.2 Å². The van der Waals surface area contributed by atoms with Crippen LogP contribution in [0.4, 0.5) is 0 Å². The Morgan fingerprint density at radius 3 is 2.70 bits per heavy atom. The van der Waals surface area contributed by atoms with E-state index in [4.69, 9.17) is 4.74 Å². The van der Waals surface area contributed by atoms with E-state index in [9.17, 15) is 4.79 Å². The molecule has 0 unspecified atom stereocenters. The van der Waals surface area contributed by atoms with Gasteiger partial charge in [0.15, 0.2) is 0 Å². The van der Waals surface area contributed by atoms with Gasteiger partial charge < -0.3 is 4.74 Å². The Hall–Kier alpha value is -2.15. The van der Waals surface area contributed by atoms with Gasteiger partial charge in [-0.3, -0.25) is 4.79 Å². The van der Waals surface area contributed by atoms with Crippen LogP contribution in [0.1, 0.15) is 31.0 Å². The van der Waals surface area contributed by atoms with E-state index in [-0.39, 0.29) is 5.56 Å². The minimum absolute atomic E-state index is 0.264. The summed E-state index contributed by atoms with van der Waals surface area (Å²) >= 11 is 1.32. The van der Waals surface area contributed by atoms with Crippen LogP contribution in [0.2, 0.25) is 0 Å². The first-order valence-electron chi connectivity index (χ1n) is 7.43. The molecule has 7 heteroatoms. The van der Waals surface area contributed by atoms with Crippen molar-refractivity contribution >= 4 is 18.0 Å². The lowest BCUT2D eigenvalue weighted by molar-refractivity contribution is 0.309. The first-order chi connectivity index (χ1) is 11.2. The molecular formula is C16H20N4O2S. The number of benzene rings is 1. The van der Waals surface area contributed by atoms with E-state index in [0.717, 1.165) is 30.8 Å². The highest BCUT2D eigenvalue weighted by molar-refractivity contribution is 7.98. The van der Waals surface area contributed by atoms with Crippen LogP contribution in [0.25, 0.3) is 0 Å². The first-order valence-corrected chi connectivity index (χ1v) is 8.65. The highest BCUT2D eigenvalue weighted by Crippen LogP contribution is 2.12. The number of ether oxygens (including phenoxy) is 1. The van der Waals surface area contributed by atoms with Crippen molar-refractivity contribution in [2.75, 3.05) is 12.9 Å². The fraction of sp³-hybridized carbons (Fsp3) is 0.375. The third-order valence-corrected chi connectivity index (χ3v) is 3.74. The summed E-state index contributed by atoms with van der Waals surface area (Å²) in [4.78, 5) is 12.1. The van der Waals surface area contributed by atoms with Crippen molar-refractivity contribution in [2.24, 2.45) is 5.10 Å². The fourth-order valence-corrected chi connectivity index (χ4v) is 2.21. The lowest BCUT2D eigenvalue weighted by atomic mass is 10.2. The Kier molecular flexibility index (Phi) is 6.34. The summed E-state index contributed by atoms with van der Waals surface area (Å²) in [5.41, 5.74) is 0.931. The Morgan fingerprint density at radius 1 is 1.30 bits per heavy atom. The van der Waals surface area contributed by atoms with Crippen molar-refractivity contribution in [2.45, 2.75) is 31.8 Å². The van der Waals surface area contributed by atoms with Crippen LogP contribution in [0.3, 0.4) is 0 Å². The third-order valence-electron chi connectivity index (χ3n) is 3.12. The number of hydrogen-bond donors (Lipinski definition) is 0. The van der Waals surface area contributed by atoms with Crippen molar-refractivity contribution in [3.8, 4) is 5.75 Å². The molecule has 0 atom stereocenters. The fourth-order valence-electron chi connectivity index (χ4n) is 1.78. The molecule has 2 aromatic rings. The largest absolute Gasteiger partial charge is 0.494 e. The van der Waals surface area contributed by atoms with Gasteiger partial charge >= 0.3 is 0 Å². The van der Waals surface area contributed by atoms with Gasteiger partial charge in [0.05, 0.1) is 12.8 Å². The summed E-state index contributed by atoms with van der Waals surface area (Å²) in [7, 11) is 0. The highest BCUT2D eigenvalue weighted by Gasteiger charge is 2.07. The number of aryl methyl sites for hydroxylation is 1. The molecule has 0 amide bonds. The maximum absolute atomic E-state index is 12.1. The number of unbranched alkanes of at least 4 members (excludes halogenated alkanes) is 1. The predicted molar refractivity (Wildman–Crippen MR) is 92.6 cm³/mol. The Balaban J connectivity index is 2.14. The van der Waals surface area contributed by atoms with Crippen molar-refractivity contribution in [1.82, 2.24) is 14.9 Å². The lowest BCUT2D eigenvalue weighted by Crippen LogP contribution is -2.23. The maximum atomic E-state index is 12.1. The van der Waals surface area contributed by atoms with Gasteiger partial charge in [-0.2, -0.15) is 9.78 Å². The summed E-state index contributed by atoms with van der Waals surface area (Å²) in [6, 6.07) is 7.59. The zero-order chi connectivity index (χ0) is 16.7. The molecule has 1 heterocycles. The Morgan fingerprint density at radius 2 is 2.04 bits per heavy atom. The topological polar surface area (TPSA) is 69.4 Å². The summed E-state index contributed by atoms with van der Waals surface area (Å²) in [5.74, 6) is 0.832. The number of nitrogens with zero attached hydrogens (tertiary/aromatic N) is 4. The van der Waals surface area contributed by atoms with Crippen LogP contribution in [0.15, 0.2) is 39.3 Å². The zero-order valence-corrected chi connectivity index (χ0v) is 14.3. The van der Waals surface area contributed by atoms with Gasteiger partial charge in [-0.25, -0.2) is 0 Å². The molecule has 23 heavy (non-hydrogen) atoms. The Bertz CT molecular complexity index is 726. The molecule has 2 rings (SSSR count). The van der Waals surface area contributed by atoms with E-state index in [2.05, 4.69) is 22.2 Å². The monoisotopic (exact) mass is 332 g/mol. The molecule has 122 valence electrons. The van der Waals surface area contributed by atoms with E-state index in [1.54, 1.807) is 13.1 Å². The number of aromatic nitrogens is 3. The minimum Gasteiger partial charge on any atom is -0.494 e. The summed E-state index contributed by atoms with van der Waals surface area (Å²) in [6.45, 7) is 4.47. The molecule has 1 aromatic carbocycles. The average molecular weight is 332 g/mol. The molecule has 1 aromatic heterocycles. The van der Waals surface area contributed by atoms with Gasteiger partial charge in [0.25, 0.3) is 5.56 Å². The van der Waals surface area contributed by atoms with Gasteiger partial charge in [-0.1, -0.05) is 25.1 Å². The van der Waals surface area contributed by atoms with E-state index in [1.807, 2.05) is 30.5 Å². The van der Waals surface area contributed by atoms with E-state index in [1.165, 1.54) is 16.4 Å². The average Bonchev–Trinajstić information content (AvgIpc) is 2.57. The minimum atomic E-state index is -0.264. The molecule has 0 aliphatic heterocycles. The molecule has 0 N–H and O–H groups in total. The quantitative estimate of drug-likeness (QED) is 0.443. The standard InChI is InChI=1S/C16H20N4O2S/c1-4-5-10-22-14-8-6-13(7-9-14)11-17-20-15(21)12(2)18-19-16(20)23-3/h6-9,11H,4-5,10H2,1-3H3/b17-11-. The second-order valence-corrected chi connectivity index (χ2v) is 5.68. The number of rotatable bonds is 7. The SMILES string of the molecule is CCCCOc1ccc(/C=N\n2c(SC)nnc(C)c2=O)cc1. The lowest BCUT2D eigenvalue weighted by Gasteiger charge is -2.05. The van der Waals surface area contributed by atoms with Crippen LogP contribution in [0, 0.1) is 6.92 Å². The van der Waals surface area contributed by atoms with Gasteiger partial charge in [0.2, 0.25) is 5.16 Å². The maximum Gasteiger partial charge on any atom is 0.296 e. The second-order valence-electron chi connectivity index (χ2n) is 4.90. The zero-order valence-electron chi connectivity index (χ0n) is 13.5. The van der Waals surface area contributed by atoms with E-state index >= 15 is 0 Å². The van der Waals surface area contributed by atoms with Crippen LogP contribution < -0.4 is 10.3 Å². The molecule has 0 fully saturated rings. The molecule has 0 spiro atoms. The second kappa shape index (κ2) is 8.47. The smallest absolute Gasteiger partial charge is 0.296 e. The van der Waals surface area contributed by atoms with Crippen molar-refractivity contribution in [1.29, 1.82) is 0 Å². The number of hydrogen-bond acceptors (Lipinski definition) is 6. The van der Waals surface area contributed by atoms with Gasteiger partial charge in [-0.05, 0) is 49.4 Å². The van der Waals surface area contributed by atoms with E-state index < -0.39 is 0 Å². The van der Waals surface area contributed by atoms with Crippen molar-refractivity contribution < 1.29 is 4.74 Å². The van der Waals surface area contributed by atoms with Crippen LogP contribution >= 0.6 is 11.8 Å². The van der Waals surface area contributed by atoms with Crippen LogP contribution in [-0.2, 0) is 0 Å². The molecule has 0 bridgehead atoms. The molecule has 0 aliphatic carbocycles. The molecule has 0 saturated heterocycles. The molecule has 0 saturated carbocycles. The van der Waals surface area contributed by atoms with E-state index in [0.29, 0.717) is 10.9 Å². The number of thioether (sulfide) groups is 1. The van der Waals surface area contributed by atoms with Crippen LogP contribution in [-0.4, -0.2) is 34.0 Å². The summed E-state index contributed by atoms with van der Waals surface area (Å²) < 4.78 is 6.88. The van der Waals surface area contributed by atoms with Crippen molar-refractivity contribution in [3.05, 3.63) is 45.9 Å². The first kappa shape index (κ1) is 17.2. The normalized spacial score (nSPS) is 11.1. The predicted octanol–water partition coefficient (Wildman–Crippen LogP) is 2.73. The molecule has 0 aliphatic rings. The van der Waals surface area contributed by atoms with Gasteiger partial charge in [0, 0.05) is 0 Å².